The molecule has 2 saturated carbocycles. The van der Waals surface area contributed by atoms with E-state index in [-0.39, 0.29) is 18.6 Å². The van der Waals surface area contributed by atoms with E-state index in [2.05, 4.69) is 32.9 Å². The molecule has 2 N–H and O–H groups in total. The maximum absolute atomic E-state index is 14.0. The molecule has 0 atom stereocenters. The summed E-state index contributed by atoms with van der Waals surface area (Å²) in [5, 5.41) is 29.1. The molecule has 0 spiro atoms. The van der Waals surface area contributed by atoms with Crippen molar-refractivity contribution >= 4 is 22.8 Å². The van der Waals surface area contributed by atoms with E-state index in [0.29, 0.717) is 35.1 Å². The Labute approximate surface area is 232 Å². The van der Waals surface area contributed by atoms with Crippen LogP contribution in [0.4, 0.5) is 8.78 Å². The molecule has 2 aromatic heterocycles. The number of nitrogens with one attached hydrogen (secondary N) is 2. The van der Waals surface area contributed by atoms with Crippen molar-refractivity contribution in [3.8, 4) is 29.0 Å². The molecule has 10 nitrogen and oxygen atoms in total. The molecule has 4 aromatic rings. The van der Waals surface area contributed by atoms with Gasteiger partial charge in [-0.2, -0.15) is 15.6 Å². The van der Waals surface area contributed by atoms with Gasteiger partial charge in [0.1, 0.15) is 35.4 Å². The molecule has 0 unspecified atom stereocenters. The first kappa shape index (κ1) is 26.1. The highest BCUT2D eigenvalue weighted by Gasteiger charge is 2.53. The third kappa shape index (κ3) is 4.89. The van der Waals surface area contributed by atoms with Crippen molar-refractivity contribution in [1.29, 1.82) is 10.5 Å². The van der Waals surface area contributed by atoms with Crippen molar-refractivity contribution in [3.63, 3.8) is 0 Å². The van der Waals surface area contributed by atoms with Crippen LogP contribution >= 0.6 is 0 Å². The zero-order valence-electron chi connectivity index (χ0n) is 21.7. The van der Waals surface area contributed by atoms with Gasteiger partial charge in [-0.25, -0.2) is 18.4 Å². The number of furan rings is 1. The summed E-state index contributed by atoms with van der Waals surface area (Å²) in [7, 11) is 0. The summed E-state index contributed by atoms with van der Waals surface area (Å²) in [6, 6.07) is 16.3. The molecule has 2 fully saturated rings. The molecule has 0 saturated heterocycles. The largest absolute Gasteiger partial charge is 0.451 e. The van der Waals surface area contributed by atoms with Crippen LogP contribution < -0.4 is 10.6 Å². The predicted octanol–water partition coefficient (Wildman–Crippen LogP) is 4.40. The molecule has 41 heavy (non-hydrogen) atoms. The molecule has 0 radical (unpaired) electrons. The number of carbonyl (C=O) groups is 2. The average molecular weight is 556 g/mol. The zero-order chi connectivity index (χ0) is 28.8. The van der Waals surface area contributed by atoms with E-state index in [1.54, 1.807) is 24.3 Å². The maximum atomic E-state index is 14.0. The van der Waals surface area contributed by atoms with Crippen molar-refractivity contribution in [2.24, 2.45) is 0 Å². The fourth-order valence-corrected chi connectivity index (χ4v) is 5.12. The lowest BCUT2D eigenvalue weighted by Crippen LogP contribution is -2.62. The van der Waals surface area contributed by atoms with Gasteiger partial charge in [0.25, 0.3) is 5.91 Å². The molecule has 2 heterocycles. The molecule has 12 heteroatoms. The van der Waals surface area contributed by atoms with Gasteiger partial charge in [-0.05, 0) is 61.1 Å². The molecule has 206 valence electrons. The second kappa shape index (κ2) is 9.52. The van der Waals surface area contributed by atoms with Gasteiger partial charge in [0.15, 0.2) is 5.76 Å². The minimum absolute atomic E-state index is 0.0812. The number of benzene rings is 2. The first-order valence-corrected chi connectivity index (χ1v) is 13.0. The molecular weight excluding hydrogens is 532 g/mol. The lowest BCUT2D eigenvalue weighted by Gasteiger charge is -2.39. The smallest absolute Gasteiger partial charge is 0.287 e. The lowest BCUT2D eigenvalue weighted by atomic mass is 9.78. The summed E-state index contributed by atoms with van der Waals surface area (Å²) in [6.45, 7) is 0. The molecule has 0 bridgehead atoms. The Bertz CT molecular complexity index is 1750. The Hall–Kier alpha value is -5.10. The van der Waals surface area contributed by atoms with Crippen LogP contribution in [0, 0.1) is 22.7 Å². The van der Waals surface area contributed by atoms with Crippen molar-refractivity contribution in [2.45, 2.75) is 55.5 Å². The van der Waals surface area contributed by atoms with E-state index in [1.165, 1.54) is 23.4 Å². The van der Waals surface area contributed by atoms with Crippen LogP contribution in [-0.2, 0) is 4.79 Å². The number of nitrogens with zero attached hydrogens (tertiary/aromatic N) is 5. The van der Waals surface area contributed by atoms with Crippen molar-refractivity contribution in [3.05, 3.63) is 66.4 Å². The van der Waals surface area contributed by atoms with Crippen LogP contribution in [0.5, 0.6) is 0 Å². The molecule has 2 amide bonds. The van der Waals surface area contributed by atoms with Crippen LogP contribution in [0.2, 0.25) is 0 Å². The maximum Gasteiger partial charge on any atom is 0.287 e. The second-order valence-corrected chi connectivity index (χ2v) is 10.6. The van der Waals surface area contributed by atoms with Gasteiger partial charge in [-0.1, -0.05) is 18.2 Å². The van der Waals surface area contributed by atoms with Gasteiger partial charge in [-0.3, -0.25) is 9.59 Å². The number of halogens is 2. The fourth-order valence-electron chi connectivity index (χ4n) is 5.12. The van der Waals surface area contributed by atoms with E-state index in [4.69, 9.17) is 4.42 Å². The number of fused-ring (bicyclic) bond motifs is 1. The second-order valence-electron chi connectivity index (χ2n) is 10.6. The Balaban J connectivity index is 1.26. The molecule has 0 aliphatic heterocycles. The number of amides is 2. The summed E-state index contributed by atoms with van der Waals surface area (Å²) < 4.78 is 35.3. The van der Waals surface area contributed by atoms with Crippen molar-refractivity contribution < 1.29 is 22.8 Å². The first-order chi connectivity index (χ1) is 19.6. The average Bonchev–Trinajstić information content (AvgIpc) is 3.34. The number of carbonyl (C=O) groups excluding carboxylic acids is 2. The quantitative estimate of drug-likeness (QED) is 0.358. The lowest BCUT2D eigenvalue weighted by molar-refractivity contribution is -0.133. The number of alkyl halides is 2. The van der Waals surface area contributed by atoms with Gasteiger partial charge < -0.3 is 15.1 Å². The monoisotopic (exact) mass is 555 g/mol. The van der Waals surface area contributed by atoms with Crippen LogP contribution in [0.1, 0.15) is 54.6 Å². The highest BCUT2D eigenvalue weighted by molar-refractivity contribution is 6.01. The molecule has 6 rings (SSSR count). The van der Waals surface area contributed by atoms with E-state index in [1.807, 2.05) is 12.1 Å². The van der Waals surface area contributed by atoms with Crippen LogP contribution in [0.25, 0.3) is 27.8 Å². The van der Waals surface area contributed by atoms with Gasteiger partial charge in [0, 0.05) is 18.2 Å². The molecule has 2 aliphatic rings. The fraction of sp³-hybridized carbons (Fsp3) is 0.310. The number of rotatable bonds is 6. The summed E-state index contributed by atoms with van der Waals surface area (Å²) in [5.74, 6) is -4.37. The van der Waals surface area contributed by atoms with E-state index in [0.717, 1.165) is 11.1 Å². The minimum atomic E-state index is -2.93. The highest BCUT2D eigenvalue weighted by atomic mass is 19.3. The number of hydrogen-bond donors (Lipinski definition) is 2. The van der Waals surface area contributed by atoms with Gasteiger partial charge in [-0.15, -0.1) is 0 Å². The Morgan fingerprint density at radius 2 is 1.68 bits per heavy atom. The van der Waals surface area contributed by atoms with Crippen LogP contribution in [0.3, 0.4) is 0 Å². The van der Waals surface area contributed by atoms with Gasteiger partial charge in [0.05, 0.1) is 17.3 Å². The summed E-state index contributed by atoms with van der Waals surface area (Å²) in [6.07, 6.45) is 2.15. The normalized spacial score (nSPS) is 18.1. The van der Waals surface area contributed by atoms with Crippen molar-refractivity contribution in [2.75, 3.05) is 0 Å². The number of aromatic nitrogens is 3. The molecule has 2 aromatic carbocycles. The topological polar surface area (TPSA) is 150 Å². The Morgan fingerprint density at radius 1 is 0.951 bits per heavy atom. The van der Waals surface area contributed by atoms with Crippen molar-refractivity contribution in [1.82, 2.24) is 25.4 Å². The van der Waals surface area contributed by atoms with Crippen LogP contribution in [0.15, 0.2) is 59.5 Å². The van der Waals surface area contributed by atoms with E-state index in [9.17, 15) is 28.9 Å². The number of nitriles is 2. The summed E-state index contributed by atoms with van der Waals surface area (Å²) in [4.78, 5) is 30.5. The van der Waals surface area contributed by atoms with Gasteiger partial charge in [0.2, 0.25) is 11.8 Å². The highest BCUT2D eigenvalue weighted by Crippen LogP contribution is 2.41. The summed E-state index contributed by atoms with van der Waals surface area (Å²) >= 11 is 0. The van der Waals surface area contributed by atoms with Gasteiger partial charge >= 0.3 is 0 Å². The SMILES string of the molecule is N#Cc1cc(-c2ccc3cc(C(=O)NC4(C(=O)NC5(C#N)CC5)CCC(F)(F)CC4)oc3c2)ccc1-n1cncn1. The third-order valence-corrected chi connectivity index (χ3v) is 7.80. The predicted molar refractivity (Wildman–Crippen MR) is 141 cm³/mol. The molecule has 2 aliphatic carbocycles. The van der Waals surface area contributed by atoms with E-state index < -0.39 is 41.7 Å². The van der Waals surface area contributed by atoms with Crippen LogP contribution in [-0.4, -0.2) is 43.6 Å². The first-order valence-electron chi connectivity index (χ1n) is 13.0. The zero-order valence-corrected chi connectivity index (χ0v) is 21.7. The minimum Gasteiger partial charge on any atom is -0.451 e. The Morgan fingerprint density at radius 3 is 2.34 bits per heavy atom. The molecular formula is C29H23F2N7O3. The van der Waals surface area contributed by atoms with E-state index >= 15 is 0 Å². The third-order valence-electron chi connectivity index (χ3n) is 7.80. The number of hydrogen-bond acceptors (Lipinski definition) is 7. The Kier molecular flexibility index (Phi) is 6.07. The standard InChI is InChI=1S/C29H23F2N7O3/c30-29(31)9-7-28(8-10-29,26(40)37-27(15-33)5-6-27)36-25(39)24-13-20-2-1-19(12-23(20)41-24)18-3-4-22(21(11-18)14-32)38-17-34-16-35-38/h1-4,11-13,16-17H,5-10H2,(H,36,39)(H,37,40). The summed E-state index contributed by atoms with van der Waals surface area (Å²) in [5.41, 5.74) is 0.225.